The average molecular weight is 298 g/mol. The minimum atomic E-state index is -0.445. The van der Waals surface area contributed by atoms with Crippen LogP contribution in [0.4, 0.5) is 4.79 Å². The topological polar surface area (TPSA) is 59.6 Å². The number of carbonyl (C=O) groups is 1. The van der Waals surface area contributed by atoms with Crippen molar-refractivity contribution in [3.05, 3.63) is 0 Å². The SMILES string of the molecule is CC(C)(C)OC(=O)N[C@@H]1CCCC[C@@H]1NC[C@@H]1CCCO1. The molecular weight excluding hydrogens is 268 g/mol. The van der Waals surface area contributed by atoms with Gasteiger partial charge >= 0.3 is 6.09 Å². The number of nitrogens with one attached hydrogen (secondary N) is 2. The predicted molar refractivity (Wildman–Crippen MR) is 82.4 cm³/mol. The zero-order chi connectivity index (χ0) is 15.3. The number of alkyl carbamates (subject to hydrolysis) is 1. The fourth-order valence-electron chi connectivity index (χ4n) is 3.10. The minimum absolute atomic E-state index is 0.162. The van der Waals surface area contributed by atoms with E-state index in [2.05, 4.69) is 10.6 Å². The van der Waals surface area contributed by atoms with E-state index in [1.807, 2.05) is 20.8 Å². The van der Waals surface area contributed by atoms with Gasteiger partial charge in [-0.1, -0.05) is 12.8 Å². The van der Waals surface area contributed by atoms with E-state index in [4.69, 9.17) is 9.47 Å². The van der Waals surface area contributed by atoms with Crippen LogP contribution in [0.5, 0.6) is 0 Å². The van der Waals surface area contributed by atoms with E-state index in [-0.39, 0.29) is 12.1 Å². The molecule has 2 rings (SSSR count). The summed E-state index contributed by atoms with van der Waals surface area (Å²) in [6, 6.07) is 0.491. The van der Waals surface area contributed by atoms with E-state index in [0.29, 0.717) is 12.1 Å². The fraction of sp³-hybridized carbons (Fsp3) is 0.938. The molecule has 0 spiro atoms. The maximum absolute atomic E-state index is 11.9. The highest BCUT2D eigenvalue weighted by atomic mass is 16.6. The zero-order valence-corrected chi connectivity index (χ0v) is 13.6. The van der Waals surface area contributed by atoms with Crippen molar-refractivity contribution < 1.29 is 14.3 Å². The Morgan fingerprint density at radius 2 is 1.86 bits per heavy atom. The molecule has 1 aliphatic heterocycles. The second-order valence-corrected chi connectivity index (χ2v) is 7.19. The third-order valence-electron chi connectivity index (χ3n) is 4.10. The van der Waals surface area contributed by atoms with Crippen LogP contribution in [-0.4, -0.2) is 43.0 Å². The van der Waals surface area contributed by atoms with E-state index in [1.54, 1.807) is 0 Å². The van der Waals surface area contributed by atoms with Gasteiger partial charge in [-0.05, 0) is 46.5 Å². The van der Waals surface area contributed by atoms with Crippen molar-refractivity contribution in [3.63, 3.8) is 0 Å². The van der Waals surface area contributed by atoms with Gasteiger partial charge in [0.2, 0.25) is 0 Å². The van der Waals surface area contributed by atoms with Crippen molar-refractivity contribution in [1.29, 1.82) is 0 Å². The molecule has 3 atom stereocenters. The Bertz CT molecular complexity index is 335. The normalized spacial score (nSPS) is 30.1. The number of rotatable bonds is 4. The Morgan fingerprint density at radius 3 is 2.48 bits per heavy atom. The van der Waals surface area contributed by atoms with Crippen molar-refractivity contribution in [2.75, 3.05) is 13.2 Å². The zero-order valence-electron chi connectivity index (χ0n) is 13.6. The van der Waals surface area contributed by atoms with Crippen LogP contribution in [0, 0.1) is 0 Å². The summed E-state index contributed by atoms with van der Waals surface area (Å²) in [4.78, 5) is 11.9. The molecule has 5 nitrogen and oxygen atoms in total. The summed E-state index contributed by atoms with van der Waals surface area (Å²) in [5.74, 6) is 0. The van der Waals surface area contributed by atoms with Gasteiger partial charge in [0.15, 0.2) is 0 Å². The van der Waals surface area contributed by atoms with E-state index >= 15 is 0 Å². The monoisotopic (exact) mass is 298 g/mol. The van der Waals surface area contributed by atoms with Crippen LogP contribution in [0.15, 0.2) is 0 Å². The van der Waals surface area contributed by atoms with Crippen LogP contribution in [0.3, 0.4) is 0 Å². The number of amides is 1. The number of hydrogen-bond acceptors (Lipinski definition) is 4. The summed E-state index contributed by atoms with van der Waals surface area (Å²) in [5.41, 5.74) is -0.445. The first-order valence-electron chi connectivity index (χ1n) is 8.28. The Hall–Kier alpha value is -0.810. The van der Waals surface area contributed by atoms with Gasteiger partial charge in [-0.3, -0.25) is 0 Å². The molecule has 0 radical (unpaired) electrons. The van der Waals surface area contributed by atoms with E-state index in [9.17, 15) is 4.79 Å². The molecule has 2 aliphatic rings. The highest BCUT2D eigenvalue weighted by molar-refractivity contribution is 5.68. The van der Waals surface area contributed by atoms with Crippen LogP contribution >= 0.6 is 0 Å². The first-order chi connectivity index (χ1) is 9.94. The molecule has 1 amide bonds. The lowest BCUT2D eigenvalue weighted by atomic mass is 9.90. The quantitative estimate of drug-likeness (QED) is 0.837. The van der Waals surface area contributed by atoms with Gasteiger partial charge in [-0.2, -0.15) is 0 Å². The van der Waals surface area contributed by atoms with Crippen LogP contribution < -0.4 is 10.6 Å². The second-order valence-electron chi connectivity index (χ2n) is 7.19. The average Bonchev–Trinajstić information content (AvgIpc) is 2.88. The van der Waals surface area contributed by atoms with Crippen molar-refractivity contribution in [2.24, 2.45) is 0 Å². The fourth-order valence-corrected chi connectivity index (χ4v) is 3.10. The molecule has 122 valence electrons. The summed E-state index contributed by atoms with van der Waals surface area (Å²) in [6.45, 7) is 7.44. The first kappa shape index (κ1) is 16.6. The first-order valence-corrected chi connectivity index (χ1v) is 8.28. The van der Waals surface area contributed by atoms with Gasteiger partial charge in [-0.25, -0.2) is 4.79 Å². The molecule has 2 fully saturated rings. The molecule has 5 heteroatoms. The molecular formula is C16H30N2O3. The van der Waals surface area contributed by atoms with Gasteiger partial charge in [0.1, 0.15) is 5.60 Å². The standard InChI is InChI=1S/C16H30N2O3/c1-16(2,3)21-15(19)18-14-9-5-4-8-13(14)17-11-12-7-6-10-20-12/h12-14,17H,4-11H2,1-3H3,(H,18,19)/t12-,13-,14+/m0/s1. The van der Waals surface area contributed by atoms with E-state index in [0.717, 1.165) is 38.8 Å². The van der Waals surface area contributed by atoms with Gasteiger partial charge in [0, 0.05) is 25.2 Å². The Labute approximate surface area is 128 Å². The summed E-state index contributed by atoms with van der Waals surface area (Å²) >= 11 is 0. The second kappa shape index (κ2) is 7.45. The minimum Gasteiger partial charge on any atom is -0.444 e. The van der Waals surface area contributed by atoms with Crippen LogP contribution in [0.25, 0.3) is 0 Å². The lowest BCUT2D eigenvalue weighted by molar-refractivity contribution is 0.0474. The lowest BCUT2D eigenvalue weighted by Gasteiger charge is -2.34. The lowest BCUT2D eigenvalue weighted by Crippen LogP contribution is -2.53. The Balaban J connectivity index is 1.78. The van der Waals surface area contributed by atoms with Crippen molar-refractivity contribution >= 4 is 6.09 Å². The molecule has 1 heterocycles. The number of carbonyl (C=O) groups excluding carboxylic acids is 1. The third-order valence-corrected chi connectivity index (χ3v) is 4.10. The maximum Gasteiger partial charge on any atom is 0.407 e. The molecule has 0 aromatic heterocycles. The molecule has 2 N–H and O–H groups in total. The third kappa shape index (κ3) is 5.83. The summed E-state index contributed by atoms with van der Waals surface area (Å²) in [6.07, 6.45) is 6.84. The molecule has 1 saturated heterocycles. The van der Waals surface area contributed by atoms with Crippen molar-refractivity contribution in [2.45, 2.75) is 83.1 Å². The molecule has 0 unspecified atom stereocenters. The molecule has 1 aliphatic carbocycles. The highest BCUT2D eigenvalue weighted by Gasteiger charge is 2.29. The Kier molecular flexibility index (Phi) is 5.88. The van der Waals surface area contributed by atoms with Gasteiger partial charge < -0.3 is 20.1 Å². The largest absolute Gasteiger partial charge is 0.444 e. The molecule has 1 saturated carbocycles. The molecule has 21 heavy (non-hydrogen) atoms. The highest BCUT2D eigenvalue weighted by Crippen LogP contribution is 2.20. The van der Waals surface area contributed by atoms with Crippen molar-refractivity contribution in [3.8, 4) is 0 Å². The van der Waals surface area contributed by atoms with Gasteiger partial charge in [0.25, 0.3) is 0 Å². The molecule has 0 aromatic carbocycles. The van der Waals surface area contributed by atoms with E-state index in [1.165, 1.54) is 12.8 Å². The predicted octanol–water partition coefficient (Wildman–Crippen LogP) is 2.59. The van der Waals surface area contributed by atoms with Crippen LogP contribution in [-0.2, 0) is 9.47 Å². The summed E-state index contributed by atoms with van der Waals surface area (Å²) in [7, 11) is 0. The van der Waals surface area contributed by atoms with Crippen molar-refractivity contribution in [1.82, 2.24) is 10.6 Å². The molecule has 0 aromatic rings. The summed E-state index contributed by atoms with van der Waals surface area (Å²) < 4.78 is 11.0. The summed E-state index contributed by atoms with van der Waals surface area (Å²) in [5, 5.41) is 6.62. The molecule has 0 bridgehead atoms. The van der Waals surface area contributed by atoms with Gasteiger partial charge in [-0.15, -0.1) is 0 Å². The van der Waals surface area contributed by atoms with E-state index < -0.39 is 5.60 Å². The number of hydrogen-bond donors (Lipinski definition) is 2. The van der Waals surface area contributed by atoms with Crippen LogP contribution in [0.1, 0.15) is 59.3 Å². The maximum atomic E-state index is 11.9. The number of ether oxygens (including phenoxy) is 2. The Morgan fingerprint density at radius 1 is 1.14 bits per heavy atom. The smallest absolute Gasteiger partial charge is 0.407 e. The van der Waals surface area contributed by atoms with Gasteiger partial charge in [0.05, 0.1) is 6.10 Å². The van der Waals surface area contributed by atoms with Crippen LogP contribution in [0.2, 0.25) is 0 Å².